The molecular weight excluding hydrogens is 388 g/mol. The van der Waals surface area contributed by atoms with Crippen molar-refractivity contribution in [1.29, 1.82) is 0 Å². The van der Waals surface area contributed by atoms with Gasteiger partial charge in [0.25, 0.3) is 5.91 Å². The molecule has 0 spiro atoms. The van der Waals surface area contributed by atoms with Crippen molar-refractivity contribution in [1.82, 2.24) is 9.80 Å². The Morgan fingerprint density at radius 2 is 2.00 bits per heavy atom. The van der Waals surface area contributed by atoms with E-state index < -0.39 is 5.97 Å². The molecule has 0 radical (unpaired) electrons. The van der Waals surface area contributed by atoms with Crippen molar-refractivity contribution >= 4 is 33.7 Å². The molecule has 1 aromatic carbocycles. The number of carbonyl (C=O) groups is 3. The third kappa shape index (κ3) is 6.16. The molecule has 1 fully saturated rings. The molecule has 0 N–H and O–H groups in total. The van der Waals surface area contributed by atoms with Crippen LogP contribution in [0.4, 0.5) is 0 Å². The maximum Gasteiger partial charge on any atom is 0.326 e. The summed E-state index contributed by atoms with van der Waals surface area (Å²) >= 11 is 3.44. The van der Waals surface area contributed by atoms with Gasteiger partial charge in [-0.15, -0.1) is 0 Å². The minimum Gasteiger partial charge on any atom is -0.454 e. The minimum atomic E-state index is -0.544. The fraction of sp³-hybridized carbons (Fsp3) is 0.500. The summed E-state index contributed by atoms with van der Waals surface area (Å²) in [4.78, 5) is 38.9. The Balaban J connectivity index is 1.77. The average Bonchev–Trinajstić information content (AvgIpc) is 2.79. The fourth-order valence-electron chi connectivity index (χ4n) is 2.63. The number of esters is 1. The van der Waals surface area contributed by atoms with E-state index in [-0.39, 0.29) is 25.0 Å². The number of carbonyl (C=O) groups excluding carboxylic acids is 3. The van der Waals surface area contributed by atoms with Gasteiger partial charge in [-0.3, -0.25) is 14.4 Å². The van der Waals surface area contributed by atoms with Gasteiger partial charge in [-0.2, -0.15) is 0 Å². The Bertz CT molecular complexity index is 635. The lowest BCUT2D eigenvalue weighted by molar-refractivity contribution is -0.154. The monoisotopic (exact) mass is 410 g/mol. The highest BCUT2D eigenvalue weighted by Crippen LogP contribution is 2.17. The molecule has 7 heteroatoms. The zero-order valence-corrected chi connectivity index (χ0v) is 16.0. The third-order valence-electron chi connectivity index (χ3n) is 4.14. The summed E-state index contributed by atoms with van der Waals surface area (Å²) in [5.74, 6) is -0.851. The van der Waals surface area contributed by atoms with Gasteiger partial charge in [0.05, 0.1) is 0 Å². The molecule has 2 amide bonds. The largest absolute Gasteiger partial charge is 0.454 e. The molecule has 6 nitrogen and oxygen atoms in total. The summed E-state index contributed by atoms with van der Waals surface area (Å²) in [6.45, 7) is 0.591. The van der Waals surface area contributed by atoms with Gasteiger partial charge < -0.3 is 14.5 Å². The molecule has 1 heterocycles. The first kappa shape index (κ1) is 19.4. The Kier molecular flexibility index (Phi) is 7.43. The molecule has 0 saturated carbocycles. The number of hydrogen-bond acceptors (Lipinski definition) is 4. The van der Waals surface area contributed by atoms with Crippen LogP contribution < -0.4 is 0 Å². The van der Waals surface area contributed by atoms with Crippen molar-refractivity contribution in [3.63, 3.8) is 0 Å². The van der Waals surface area contributed by atoms with E-state index >= 15 is 0 Å². The number of hydrogen-bond donors (Lipinski definition) is 0. The molecule has 0 atom stereocenters. The Morgan fingerprint density at radius 1 is 1.24 bits per heavy atom. The third-order valence-corrected chi connectivity index (χ3v) is 4.91. The average molecular weight is 411 g/mol. The molecule has 1 aliphatic rings. The number of halogens is 1. The fourth-order valence-corrected chi connectivity index (χ4v) is 3.04. The molecule has 25 heavy (non-hydrogen) atoms. The molecule has 1 aliphatic heterocycles. The molecule has 1 saturated heterocycles. The van der Waals surface area contributed by atoms with Gasteiger partial charge in [0.15, 0.2) is 6.61 Å². The lowest BCUT2D eigenvalue weighted by atomic mass is 10.2. The molecule has 0 bridgehead atoms. The highest BCUT2D eigenvalue weighted by Gasteiger charge is 2.21. The van der Waals surface area contributed by atoms with Gasteiger partial charge in [-0.25, -0.2) is 0 Å². The molecule has 1 aromatic rings. The van der Waals surface area contributed by atoms with E-state index in [2.05, 4.69) is 15.9 Å². The SMILES string of the molecule is CN(Cc1ccccc1Br)C(=O)COC(=O)CN1CCCCCC1=O. The van der Waals surface area contributed by atoms with Gasteiger partial charge >= 0.3 is 5.97 Å². The Labute approximate surface area is 156 Å². The van der Waals surface area contributed by atoms with Crippen molar-refractivity contribution < 1.29 is 19.1 Å². The van der Waals surface area contributed by atoms with Gasteiger partial charge in [-0.1, -0.05) is 40.5 Å². The van der Waals surface area contributed by atoms with E-state index in [1.807, 2.05) is 24.3 Å². The summed E-state index contributed by atoms with van der Waals surface area (Å²) in [7, 11) is 1.66. The van der Waals surface area contributed by atoms with Crippen molar-refractivity contribution in [3.05, 3.63) is 34.3 Å². The second-order valence-corrected chi connectivity index (χ2v) is 6.98. The lowest BCUT2D eigenvalue weighted by Crippen LogP contribution is -2.37. The standard InChI is InChI=1S/C18H23BrN2O4/c1-20(11-14-7-4-5-8-15(14)19)17(23)13-25-18(24)12-21-10-6-2-3-9-16(21)22/h4-5,7-8H,2-3,6,9-13H2,1H3. The topological polar surface area (TPSA) is 66.9 Å². The number of amides is 2. The van der Waals surface area contributed by atoms with Crippen molar-refractivity contribution in [2.24, 2.45) is 0 Å². The number of nitrogens with zero attached hydrogens (tertiary/aromatic N) is 2. The second-order valence-electron chi connectivity index (χ2n) is 6.13. The summed E-state index contributed by atoms with van der Waals surface area (Å²) in [6, 6.07) is 7.63. The van der Waals surface area contributed by atoms with Crippen molar-refractivity contribution in [3.8, 4) is 0 Å². The first-order valence-electron chi connectivity index (χ1n) is 8.38. The van der Waals surface area contributed by atoms with Gasteiger partial charge in [0.1, 0.15) is 6.54 Å². The normalized spacial score (nSPS) is 14.8. The highest BCUT2D eigenvalue weighted by atomic mass is 79.9. The maximum absolute atomic E-state index is 12.1. The van der Waals surface area contributed by atoms with Gasteiger partial charge in [0.2, 0.25) is 5.91 Å². The predicted molar refractivity (Wildman–Crippen MR) is 96.6 cm³/mol. The number of rotatable bonds is 6. The van der Waals surface area contributed by atoms with E-state index in [4.69, 9.17) is 4.74 Å². The van der Waals surface area contributed by atoms with Crippen LogP contribution in [0.3, 0.4) is 0 Å². The summed E-state index contributed by atoms with van der Waals surface area (Å²) in [5.41, 5.74) is 0.972. The van der Waals surface area contributed by atoms with Crippen LogP contribution in [0.15, 0.2) is 28.7 Å². The van der Waals surface area contributed by atoms with Crippen LogP contribution in [0, 0.1) is 0 Å². The first-order chi connectivity index (χ1) is 12.0. The zero-order valence-electron chi connectivity index (χ0n) is 14.4. The number of ether oxygens (including phenoxy) is 1. The Morgan fingerprint density at radius 3 is 2.76 bits per heavy atom. The quantitative estimate of drug-likeness (QED) is 0.675. The van der Waals surface area contributed by atoms with E-state index in [0.29, 0.717) is 19.5 Å². The lowest BCUT2D eigenvalue weighted by Gasteiger charge is -2.20. The molecule has 136 valence electrons. The van der Waals surface area contributed by atoms with Gasteiger partial charge in [-0.05, 0) is 24.5 Å². The summed E-state index contributed by atoms with van der Waals surface area (Å²) in [5, 5.41) is 0. The van der Waals surface area contributed by atoms with Gasteiger partial charge in [0, 0.05) is 31.0 Å². The maximum atomic E-state index is 12.1. The van der Waals surface area contributed by atoms with Crippen LogP contribution in [0.5, 0.6) is 0 Å². The second kappa shape index (κ2) is 9.56. The van der Waals surface area contributed by atoms with Crippen molar-refractivity contribution in [2.75, 3.05) is 26.7 Å². The van der Waals surface area contributed by atoms with Crippen LogP contribution in [0.2, 0.25) is 0 Å². The van der Waals surface area contributed by atoms with E-state index in [1.165, 1.54) is 9.80 Å². The molecule has 0 aliphatic carbocycles. The van der Waals surface area contributed by atoms with E-state index in [0.717, 1.165) is 29.3 Å². The van der Waals surface area contributed by atoms with E-state index in [9.17, 15) is 14.4 Å². The van der Waals surface area contributed by atoms with E-state index in [1.54, 1.807) is 7.05 Å². The molecule has 0 aromatic heterocycles. The highest BCUT2D eigenvalue weighted by molar-refractivity contribution is 9.10. The van der Waals surface area contributed by atoms with Crippen LogP contribution in [-0.2, 0) is 25.7 Å². The smallest absolute Gasteiger partial charge is 0.326 e. The van der Waals surface area contributed by atoms with Crippen LogP contribution in [0.1, 0.15) is 31.2 Å². The molecular formula is C18H23BrN2O4. The van der Waals surface area contributed by atoms with Crippen LogP contribution in [-0.4, -0.2) is 54.3 Å². The zero-order chi connectivity index (χ0) is 18.2. The number of likely N-dealkylation sites (tertiary alicyclic amines) is 1. The molecule has 2 rings (SSSR count). The summed E-state index contributed by atoms with van der Waals surface area (Å²) < 4.78 is 5.97. The van der Waals surface area contributed by atoms with Crippen LogP contribution in [0.25, 0.3) is 0 Å². The number of likely N-dealkylation sites (N-methyl/N-ethyl adjacent to an activating group) is 1. The first-order valence-corrected chi connectivity index (χ1v) is 9.17. The van der Waals surface area contributed by atoms with Crippen molar-refractivity contribution in [2.45, 2.75) is 32.2 Å². The van der Waals surface area contributed by atoms with Crippen LogP contribution >= 0.6 is 15.9 Å². The predicted octanol–water partition coefficient (Wildman–Crippen LogP) is 2.35. The number of benzene rings is 1. The molecule has 0 unspecified atom stereocenters. The summed E-state index contributed by atoms with van der Waals surface area (Å²) in [6.07, 6.45) is 3.23. The minimum absolute atomic E-state index is 0.0215. The Hall–Kier alpha value is -1.89.